The Bertz CT molecular complexity index is 545. The Labute approximate surface area is 118 Å². The minimum absolute atomic E-state index is 0.0593. The van der Waals surface area contributed by atoms with Crippen molar-refractivity contribution in [2.45, 2.75) is 19.0 Å². The minimum Gasteiger partial charge on any atom is -0.409 e. The lowest BCUT2D eigenvalue weighted by Gasteiger charge is -2.35. The van der Waals surface area contributed by atoms with E-state index in [1.807, 2.05) is 0 Å². The molecule has 0 amide bonds. The van der Waals surface area contributed by atoms with Crippen molar-refractivity contribution in [3.8, 4) is 0 Å². The van der Waals surface area contributed by atoms with Crippen LogP contribution in [-0.4, -0.2) is 30.3 Å². The lowest BCUT2D eigenvalue weighted by molar-refractivity contribution is -0.176. The average Bonchev–Trinajstić information content (AvgIpc) is 2.45. The van der Waals surface area contributed by atoms with Crippen LogP contribution < -0.4 is 10.6 Å². The van der Waals surface area contributed by atoms with E-state index in [-0.39, 0.29) is 30.1 Å². The summed E-state index contributed by atoms with van der Waals surface area (Å²) in [5.41, 5.74) is 5.61. The third kappa shape index (κ3) is 3.37. The average molecular weight is 305 g/mol. The zero-order chi connectivity index (χ0) is 15.6. The number of anilines is 1. The molecule has 1 aromatic rings. The number of oxime groups is 1. The van der Waals surface area contributed by atoms with Crippen LogP contribution in [-0.2, 0) is 0 Å². The number of benzene rings is 1. The number of amidine groups is 1. The van der Waals surface area contributed by atoms with Gasteiger partial charge in [-0.25, -0.2) is 4.39 Å². The maximum absolute atomic E-state index is 14.0. The number of nitrogens with two attached hydrogens (primary N) is 1. The fourth-order valence-corrected chi connectivity index (χ4v) is 2.44. The van der Waals surface area contributed by atoms with Crippen LogP contribution in [0.5, 0.6) is 0 Å². The van der Waals surface area contributed by atoms with Gasteiger partial charge in [-0.3, -0.25) is 0 Å². The van der Waals surface area contributed by atoms with E-state index in [1.165, 1.54) is 17.0 Å². The molecule has 1 atom stereocenters. The van der Waals surface area contributed by atoms with E-state index in [1.54, 1.807) is 0 Å². The van der Waals surface area contributed by atoms with Gasteiger partial charge < -0.3 is 15.8 Å². The zero-order valence-corrected chi connectivity index (χ0v) is 11.1. The fourth-order valence-electron chi connectivity index (χ4n) is 2.44. The summed E-state index contributed by atoms with van der Waals surface area (Å²) in [5.74, 6) is -2.40. The van der Waals surface area contributed by atoms with Crippen LogP contribution in [0.25, 0.3) is 0 Å². The van der Waals surface area contributed by atoms with Crippen LogP contribution in [0.2, 0.25) is 0 Å². The SMILES string of the molecule is NC(=NO)c1ccc(N2CCCC(C(F)(F)F)C2)c(F)c1. The first-order chi connectivity index (χ1) is 9.82. The highest BCUT2D eigenvalue weighted by molar-refractivity contribution is 5.97. The van der Waals surface area contributed by atoms with Gasteiger partial charge in [-0.05, 0) is 31.0 Å². The van der Waals surface area contributed by atoms with Crippen LogP contribution in [0.15, 0.2) is 23.4 Å². The molecule has 1 aliphatic rings. The topological polar surface area (TPSA) is 61.9 Å². The third-order valence-corrected chi connectivity index (χ3v) is 3.58. The molecular weight excluding hydrogens is 290 g/mol. The number of nitrogens with zero attached hydrogens (tertiary/aromatic N) is 2. The van der Waals surface area contributed by atoms with E-state index < -0.39 is 17.9 Å². The first kappa shape index (κ1) is 15.4. The molecule has 1 unspecified atom stereocenters. The van der Waals surface area contributed by atoms with Crippen molar-refractivity contribution in [3.63, 3.8) is 0 Å². The molecule has 0 saturated carbocycles. The largest absolute Gasteiger partial charge is 0.409 e. The van der Waals surface area contributed by atoms with Gasteiger partial charge in [-0.15, -0.1) is 0 Å². The number of hydrogen-bond donors (Lipinski definition) is 2. The highest BCUT2D eigenvalue weighted by atomic mass is 19.4. The third-order valence-electron chi connectivity index (χ3n) is 3.58. The molecule has 0 aromatic heterocycles. The maximum Gasteiger partial charge on any atom is 0.393 e. The van der Waals surface area contributed by atoms with Crippen molar-refractivity contribution in [2.75, 3.05) is 18.0 Å². The molecule has 1 aliphatic heterocycles. The molecule has 1 heterocycles. The maximum atomic E-state index is 14.0. The lowest BCUT2D eigenvalue weighted by atomic mass is 9.97. The van der Waals surface area contributed by atoms with Crippen LogP contribution >= 0.6 is 0 Å². The number of alkyl halides is 3. The van der Waals surface area contributed by atoms with E-state index in [0.717, 1.165) is 6.07 Å². The van der Waals surface area contributed by atoms with Gasteiger partial charge in [-0.1, -0.05) is 5.16 Å². The summed E-state index contributed by atoms with van der Waals surface area (Å²) in [6, 6.07) is 3.80. The number of piperidine rings is 1. The first-order valence-electron chi connectivity index (χ1n) is 6.42. The Hall–Kier alpha value is -1.99. The van der Waals surface area contributed by atoms with Gasteiger partial charge in [0, 0.05) is 18.7 Å². The Morgan fingerprint density at radius 1 is 1.38 bits per heavy atom. The van der Waals surface area contributed by atoms with Gasteiger partial charge in [0.2, 0.25) is 0 Å². The van der Waals surface area contributed by atoms with Crippen LogP contribution in [0.3, 0.4) is 0 Å². The molecule has 116 valence electrons. The Morgan fingerprint density at radius 3 is 2.67 bits per heavy atom. The molecule has 0 bridgehead atoms. The first-order valence-corrected chi connectivity index (χ1v) is 6.42. The smallest absolute Gasteiger partial charge is 0.393 e. The Balaban J connectivity index is 2.22. The molecule has 1 saturated heterocycles. The molecule has 4 nitrogen and oxygen atoms in total. The molecule has 8 heteroatoms. The van der Waals surface area contributed by atoms with Crippen LogP contribution in [0.4, 0.5) is 23.2 Å². The number of halogens is 4. The van der Waals surface area contributed by atoms with Gasteiger partial charge in [0.05, 0.1) is 11.6 Å². The van der Waals surface area contributed by atoms with Crippen molar-refractivity contribution in [3.05, 3.63) is 29.6 Å². The molecule has 0 spiro atoms. The van der Waals surface area contributed by atoms with Crippen molar-refractivity contribution in [2.24, 2.45) is 16.8 Å². The summed E-state index contributed by atoms with van der Waals surface area (Å²) in [6.45, 7) is 0.107. The standard InChI is InChI=1S/C13H15F4N3O/c14-10-6-8(12(18)19-21)3-4-11(10)20-5-1-2-9(7-20)13(15,16)17/h3-4,6,9,21H,1-2,5,7H2,(H2,18,19). The predicted octanol–water partition coefficient (Wildman–Crippen LogP) is 2.70. The number of hydrogen-bond acceptors (Lipinski definition) is 3. The molecule has 21 heavy (non-hydrogen) atoms. The molecule has 0 aliphatic carbocycles. The highest BCUT2D eigenvalue weighted by Crippen LogP contribution is 2.35. The Morgan fingerprint density at radius 2 is 2.10 bits per heavy atom. The van der Waals surface area contributed by atoms with Gasteiger partial charge in [0.1, 0.15) is 5.82 Å². The molecule has 3 N–H and O–H groups in total. The van der Waals surface area contributed by atoms with E-state index in [4.69, 9.17) is 10.9 Å². The van der Waals surface area contributed by atoms with E-state index in [2.05, 4.69) is 5.16 Å². The van der Waals surface area contributed by atoms with E-state index >= 15 is 0 Å². The van der Waals surface area contributed by atoms with E-state index in [0.29, 0.717) is 13.0 Å². The monoisotopic (exact) mass is 305 g/mol. The summed E-state index contributed by atoms with van der Waals surface area (Å²) in [6.07, 6.45) is -3.86. The molecule has 1 fully saturated rings. The predicted molar refractivity (Wildman–Crippen MR) is 69.9 cm³/mol. The summed E-state index contributed by atoms with van der Waals surface area (Å²) in [5, 5.41) is 11.3. The second-order valence-electron chi connectivity index (χ2n) is 4.98. The second-order valence-corrected chi connectivity index (χ2v) is 4.98. The van der Waals surface area contributed by atoms with Gasteiger partial charge in [0.15, 0.2) is 5.84 Å². The quantitative estimate of drug-likeness (QED) is 0.290. The molecule has 1 aromatic carbocycles. The van der Waals surface area contributed by atoms with Crippen LogP contribution in [0, 0.1) is 11.7 Å². The summed E-state index contributed by atoms with van der Waals surface area (Å²) in [7, 11) is 0. The number of rotatable bonds is 2. The van der Waals surface area contributed by atoms with Crippen molar-refractivity contribution in [1.82, 2.24) is 0 Å². The fraction of sp³-hybridized carbons (Fsp3) is 0.462. The summed E-state index contributed by atoms with van der Waals surface area (Å²) < 4.78 is 52.3. The highest BCUT2D eigenvalue weighted by Gasteiger charge is 2.42. The molecule has 0 radical (unpaired) electrons. The molecule has 2 rings (SSSR count). The van der Waals surface area contributed by atoms with Gasteiger partial charge in [0.25, 0.3) is 0 Å². The van der Waals surface area contributed by atoms with E-state index in [9.17, 15) is 17.6 Å². The van der Waals surface area contributed by atoms with Crippen molar-refractivity contribution < 1.29 is 22.8 Å². The minimum atomic E-state index is -4.27. The zero-order valence-electron chi connectivity index (χ0n) is 11.1. The van der Waals surface area contributed by atoms with Crippen molar-refractivity contribution in [1.29, 1.82) is 0 Å². The summed E-state index contributed by atoms with van der Waals surface area (Å²) >= 11 is 0. The Kier molecular flexibility index (Phi) is 4.24. The second kappa shape index (κ2) is 5.79. The van der Waals surface area contributed by atoms with Crippen LogP contribution in [0.1, 0.15) is 18.4 Å². The normalized spacial score (nSPS) is 20.7. The van der Waals surface area contributed by atoms with Crippen molar-refractivity contribution >= 4 is 11.5 Å². The lowest BCUT2D eigenvalue weighted by Crippen LogP contribution is -2.42. The molecular formula is C13H15F4N3O. The summed E-state index contributed by atoms with van der Waals surface area (Å²) in [4.78, 5) is 1.38. The van der Waals surface area contributed by atoms with Gasteiger partial charge in [-0.2, -0.15) is 13.2 Å². The van der Waals surface area contributed by atoms with Gasteiger partial charge >= 0.3 is 6.18 Å².